The summed E-state index contributed by atoms with van der Waals surface area (Å²) in [5.74, 6) is -2.99. The van der Waals surface area contributed by atoms with Gasteiger partial charge in [-0.25, -0.2) is 0 Å². The van der Waals surface area contributed by atoms with Crippen LogP contribution in [0, 0.1) is 0 Å². The van der Waals surface area contributed by atoms with E-state index in [2.05, 4.69) is 105 Å². The maximum atomic E-state index is 12.4. The van der Waals surface area contributed by atoms with Gasteiger partial charge in [-0.3, -0.25) is 43.2 Å². The number of hydrogen-bond acceptors (Lipinski definition) is 18. The van der Waals surface area contributed by atoms with Crippen molar-refractivity contribution in [2.75, 3.05) is 39.6 Å². The van der Waals surface area contributed by atoms with Crippen LogP contribution in [0.1, 0.15) is 648 Å². The number of carbonyl (C=O) groups excluding carboxylic acids is 9. The van der Waals surface area contributed by atoms with Crippen LogP contribution in [0.15, 0.2) is 61.8 Å². The second-order valence-electron chi connectivity index (χ2n) is 40.8. The highest BCUT2D eigenvalue weighted by molar-refractivity contribution is 5.73. The summed E-state index contributed by atoms with van der Waals surface area (Å²) in [6.07, 6.45) is 117. The Morgan fingerprint density at radius 3 is 0.452 bits per heavy atom. The summed E-state index contributed by atoms with van der Waals surface area (Å²) in [4.78, 5) is 108. The Labute approximate surface area is 901 Å². The van der Waals surface area contributed by atoms with Gasteiger partial charge in [0.15, 0.2) is 18.3 Å². The Morgan fingerprint density at radius 1 is 0.164 bits per heavy atom. The standard InChI is InChI=1S/2C36H66O6.C34H62O6.C12H24.C10H20/c2*1-4-7-9-11-13-15-16-17-18-19-20-22-24-26-28-30-36(39)42-33(31-40-34(37)6-3)32-41-35(38)29-27-25-23-21-14-12-10-8-5-2;1-4-7-9-11-13-14-15-16-17-18-19-20-22-24-26-28-34(37)40-31(29-38-32(35)6-3)30-39-33(36)27-25-23-21-12-10-8-5-2;1-3-5-7-9-11-12-10-8-6-4-2;1-3-5-7-9-10-8-6-4-2/h2*8,10,33H,4-7,9,11-32H2,1-3H3;5,31H,2,4,6-30H2,1,3H3;5,7H,3-4,6,8-12H2,1-2H3;3H,1,4-10H2,2H3/b2*10-8+;;7-5+;. The highest BCUT2D eigenvalue weighted by Crippen LogP contribution is 2.22. The first-order chi connectivity index (χ1) is 71.4. The van der Waals surface area contributed by atoms with E-state index in [1.165, 1.54) is 353 Å². The maximum absolute atomic E-state index is 12.4. The van der Waals surface area contributed by atoms with Gasteiger partial charge in [-0.1, -0.05) is 516 Å². The van der Waals surface area contributed by atoms with Crippen molar-refractivity contribution >= 4 is 53.7 Å². The molecule has 146 heavy (non-hydrogen) atoms. The zero-order valence-corrected chi connectivity index (χ0v) is 97.8. The lowest BCUT2D eigenvalue weighted by Gasteiger charge is -2.18. The van der Waals surface area contributed by atoms with Crippen LogP contribution in [0.4, 0.5) is 0 Å². The third-order valence-corrected chi connectivity index (χ3v) is 26.3. The summed E-state index contributed by atoms with van der Waals surface area (Å²) in [7, 11) is 0. The largest absolute Gasteiger partial charge is 0.462 e. The summed E-state index contributed by atoms with van der Waals surface area (Å²) >= 11 is 0. The lowest BCUT2D eigenvalue weighted by molar-refractivity contribution is -0.166. The Bertz CT molecular complexity index is 2760. The molecule has 0 radical (unpaired) electrons. The number of carbonyl (C=O) groups is 9. The number of unbranched alkanes of at least 4 members (excludes halogenated alkanes) is 69. The van der Waals surface area contributed by atoms with Gasteiger partial charge in [0.1, 0.15) is 39.6 Å². The molecule has 0 saturated heterocycles. The molecule has 0 bridgehead atoms. The van der Waals surface area contributed by atoms with Crippen molar-refractivity contribution in [3.8, 4) is 0 Å². The Balaban J connectivity index is -0.000000613. The number of hydrogen-bond donors (Lipinski definition) is 0. The van der Waals surface area contributed by atoms with Crippen LogP contribution in [0.3, 0.4) is 0 Å². The van der Waals surface area contributed by atoms with Crippen LogP contribution in [0.2, 0.25) is 0 Å². The molecule has 0 N–H and O–H groups in total. The minimum Gasteiger partial charge on any atom is -0.462 e. The molecule has 18 heteroatoms. The summed E-state index contributed by atoms with van der Waals surface area (Å²) in [5.41, 5.74) is 0. The van der Waals surface area contributed by atoms with Gasteiger partial charge in [-0.05, 0) is 122 Å². The molecule has 0 aromatic heterocycles. The topological polar surface area (TPSA) is 237 Å². The van der Waals surface area contributed by atoms with E-state index in [4.69, 9.17) is 42.6 Å². The smallest absolute Gasteiger partial charge is 0.306 e. The first-order valence-corrected chi connectivity index (χ1v) is 62.1. The second kappa shape index (κ2) is 131. The quantitative estimate of drug-likeness (QED) is 0.0238. The van der Waals surface area contributed by atoms with Crippen LogP contribution in [-0.4, -0.2) is 112 Å². The predicted molar refractivity (Wildman–Crippen MR) is 617 cm³/mol. The van der Waals surface area contributed by atoms with Crippen LogP contribution >= 0.6 is 0 Å². The van der Waals surface area contributed by atoms with Crippen LogP contribution in [0.5, 0.6) is 0 Å². The molecule has 0 amide bonds. The van der Waals surface area contributed by atoms with E-state index >= 15 is 0 Å². The fourth-order valence-electron chi connectivity index (χ4n) is 16.8. The molecule has 0 heterocycles. The molecule has 0 fully saturated rings. The minimum atomic E-state index is -0.762. The van der Waals surface area contributed by atoms with Crippen molar-refractivity contribution in [1.29, 1.82) is 0 Å². The molecule has 0 aliphatic rings. The zero-order valence-electron chi connectivity index (χ0n) is 97.8. The van der Waals surface area contributed by atoms with Crippen LogP contribution in [-0.2, 0) is 85.8 Å². The normalized spacial score (nSPS) is 11.7. The first-order valence-electron chi connectivity index (χ1n) is 62.1. The lowest BCUT2D eigenvalue weighted by atomic mass is 10.0. The fourth-order valence-corrected chi connectivity index (χ4v) is 16.8. The third kappa shape index (κ3) is 132. The van der Waals surface area contributed by atoms with Gasteiger partial charge in [-0.15, -0.1) is 13.2 Å². The van der Waals surface area contributed by atoms with E-state index in [0.717, 1.165) is 161 Å². The second-order valence-corrected chi connectivity index (χ2v) is 40.8. The third-order valence-electron chi connectivity index (χ3n) is 26.3. The van der Waals surface area contributed by atoms with Gasteiger partial charge < -0.3 is 42.6 Å². The van der Waals surface area contributed by atoms with E-state index in [9.17, 15) is 43.2 Å². The molecule has 3 unspecified atom stereocenters. The van der Waals surface area contributed by atoms with Crippen molar-refractivity contribution in [3.63, 3.8) is 0 Å². The number of allylic oxidation sites excluding steroid dienone is 8. The Morgan fingerprint density at radius 2 is 0.301 bits per heavy atom. The molecule has 858 valence electrons. The molecule has 0 aliphatic heterocycles. The van der Waals surface area contributed by atoms with Crippen LogP contribution in [0.25, 0.3) is 0 Å². The summed E-state index contributed by atoms with van der Waals surface area (Å²) in [6.45, 7) is 29.8. The molecule has 0 aromatic rings. The fraction of sp³-hybridized carbons (Fsp3) is 0.852. The minimum absolute atomic E-state index is 0.0792. The molecule has 0 aliphatic carbocycles. The molecule has 3 atom stereocenters. The monoisotopic (exact) mass is 2060 g/mol. The van der Waals surface area contributed by atoms with Crippen LogP contribution < -0.4 is 0 Å². The summed E-state index contributed by atoms with van der Waals surface area (Å²) in [5, 5.41) is 0. The van der Waals surface area contributed by atoms with Crippen molar-refractivity contribution in [1.82, 2.24) is 0 Å². The highest BCUT2D eigenvalue weighted by atomic mass is 16.6. The molecule has 0 aromatic carbocycles. The Hall–Kier alpha value is -6.07. The van der Waals surface area contributed by atoms with E-state index in [1.807, 2.05) is 12.2 Å². The molecular weight excluding hydrogens is 1830 g/mol. The average molecular weight is 2070 g/mol. The van der Waals surface area contributed by atoms with Crippen molar-refractivity contribution in [3.05, 3.63) is 61.8 Å². The van der Waals surface area contributed by atoms with Gasteiger partial charge in [0.25, 0.3) is 0 Å². The first kappa shape index (κ1) is 148. The van der Waals surface area contributed by atoms with E-state index in [1.54, 1.807) is 20.8 Å². The summed E-state index contributed by atoms with van der Waals surface area (Å²) < 4.78 is 48.0. The van der Waals surface area contributed by atoms with E-state index in [0.29, 0.717) is 38.5 Å². The van der Waals surface area contributed by atoms with Gasteiger partial charge in [0, 0.05) is 57.8 Å². The molecule has 18 nitrogen and oxygen atoms in total. The van der Waals surface area contributed by atoms with Gasteiger partial charge in [0.05, 0.1) is 0 Å². The molecule has 0 spiro atoms. The highest BCUT2D eigenvalue weighted by Gasteiger charge is 2.23. The maximum Gasteiger partial charge on any atom is 0.306 e. The Kier molecular flexibility index (Phi) is 133. The van der Waals surface area contributed by atoms with Gasteiger partial charge >= 0.3 is 53.7 Å². The SMILES string of the molecule is C=CCCCCCCCC.C=CCCCCCCCC(=O)OCC(COC(=O)CC)OC(=O)CCCCCCCCCCCCCCCCC.CC/C=C/CCCCCCCC.CC/C=C/CCCCCCCC(=O)OCC(COC(=O)CC)OC(=O)CCCCCCCCCCCCCCCCC.CC/C=C/CCCCCCCC(=O)OCC(COC(=O)CC)OC(=O)CCCCCCCCCCCCCCCCC. The molecule has 0 saturated carbocycles. The van der Waals surface area contributed by atoms with Crippen molar-refractivity contribution in [2.45, 2.75) is 666 Å². The van der Waals surface area contributed by atoms with Crippen molar-refractivity contribution in [2.24, 2.45) is 0 Å². The number of esters is 9. The lowest BCUT2D eigenvalue weighted by Crippen LogP contribution is -2.30. The number of rotatable bonds is 107. The predicted octanol–water partition coefficient (Wildman–Crippen LogP) is 38.9. The average Bonchev–Trinajstić information content (AvgIpc) is 0.950. The van der Waals surface area contributed by atoms with Gasteiger partial charge in [-0.2, -0.15) is 0 Å². The van der Waals surface area contributed by atoms with Crippen molar-refractivity contribution < 1.29 is 85.8 Å². The van der Waals surface area contributed by atoms with Gasteiger partial charge in [0.2, 0.25) is 0 Å². The summed E-state index contributed by atoms with van der Waals surface area (Å²) in [6, 6.07) is 0. The van der Waals surface area contributed by atoms with E-state index in [-0.39, 0.29) is 113 Å². The van der Waals surface area contributed by atoms with E-state index < -0.39 is 18.3 Å². The molecule has 0 rings (SSSR count). The molecular formula is C128H238O18. The number of ether oxygens (including phenoxy) is 9. The zero-order chi connectivity index (χ0) is 108.